The summed E-state index contributed by atoms with van der Waals surface area (Å²) in [5, 5.41) is 5.78. The van der Waals surface area contributed by atoms with Crippen molar-refractivity contribution >= 4 is 17.5 Å². The molecule has 25 heavy (non-hydrogen) atoms. The molecular formula is C21H26N2O2. The largest absolute Gasteiger partial charge is 0.340 e. The average Bonchev–Trinajstić information content (AvgIpc) is 2.55. The van der Waals surface area contributed by atoms with Gasteiger partial charge in [-0.05, 0) is 50.5 Å². The lowest BCUT2D eigenvalue weighted by atomic mass is 10.0. The first-order valence-corrected chi connectivity index (χ1v) is 8.53. The van der Waals surface area contributed by atoms with Crippen molar-refractivity contribution in [2.24, 2.45) is 5.92 Å². The fraction of sp³-hybridized carbons (Fsp3) is 0.333. The summed E-state index contributed by atoms with van der Waals surface area (Å²) in [6.07, 6.45) is 0. The van der Waals surface area contributed by atoms with E-state index in [0.717, 1.165) is 22.4 Å². The molecule has 0 saturated heterocycles. The van der Waals surface area contributed by atoms with Gasteiger partial charge in [-0.3, -0.25) is 9.59 Å². The van der Waals surface area contributed by atoms with E-state index in [4.69, 9.17) is 0 Å². The van der Waals surface area contributed by atoms with E-state index in [1.54, 1.807) is 12.1 Å². The van der Waals surface area contributed by atoms with Crippen molar-refractivity contribution in [1.82, 2.24) is 5.32 Å². The third-order valence-corrected chi connectivity index (χ3v) is 4.19. The lowest BCUT2D eigenvalue weighted by Crippen LogP contribution is -2.47. The maximum absolute atomic E-state index is 12.7. The number of amides is 2. The third kappa shape index (κ3) is 4.92. The lowest BCUT2D eigenvalue weighted by Gasteiger charge is -2.22. The van der Waals surface area contributed by atoms with Gasteiger partial charge in [-0.2, -0.15) is 0 Å². The Morgan fingerprint density at radius 3 is 2.04 bits per heavy atom. The molecule has 2 rings (SSSR count). The van der Waals surface area contributed by atoms with Crippen LogP contribution in [-0.4, -0.2) is 17.9 Å². The molecule has 0 fully saturated rings. The van der Waals surface area contributed by atoms with Gasteiger partial charge in [-0.1, -0.05) is 49.2 Å². The minimum atomic E-state index is -0.602. The summed E-state index contributed by atoms with van der Waals surface area (Å²) in [7, 11) is 0. The van der Waals surface area contributed by atoms with E-state index in [1.165, 1.54) is 0 Å². The topological polar surface area (TPSA) is 58.2 Å². The number of hydrogen-bond acceptors (Lipinski definition) is 2. The smallest absolute Gasteiger partial charge is 0.251 e. The number of rotatable bonds is 5. The van der Waals surface area contributed by atoms with E-state index >= 15 is 0 Å². The van der Waals surface area contributed by atoms with Crippen molar-refractivity contribution in [2.45, 2.75) is 40.7 Å². The van der Waals surface area contributed by atoms with Crippen LogP contribution >= 0.6 is 0 Å². The first kappa shape index (κ1) is 18.7. The maximum atomic E-state index is 12.7. The van der Waals surface area contributed by atoms with E-state index in [2.05, 4.69) is 10.6 Å². The molecule has 0 saturated carbocycles. The molecule has 0 aliphatic rings. The highest BCUT2D eigenvalue weighted by Crippen LogP contribution is 2.17. The lowest BCUT2D eigenvalue weighted by molar-refractivity contribution is -0.118. The van der Waals surface area contributed by atoms with Crippen molar-refractivity contribution in [3.8, 4) is 0 Å². The molecular weight excluding hydrogens is 312 g/mol. The molecule has 4 heteroatoms. The molecule has 0 radical (unpaired) electrons. The fourth-order valence-electron chi connectivity index (χ4n) is 2.63. The quantitative estimate of drug-likeness (QED) is 0.865. The SMILES string of the molecule is Cc1ccc(C(=O)NC(C(=O)Nc2ccc(C)cc2C)C(C)C)cc1. The molecule has 2 amide bonds. The van der Waals surface area contributed by atoms with Crippen LogP contribution in [0.25, 0.3) is 0 Å². The summed E-state index contributed by atoms with van der Waals surface area (Å²) in [5.41, 5.74) is 4.55. The van der Waals surface area contributed by atoms with Crippen LogP contribution in [0.2, 0.25) is 0 Å². The Bertz CT molecular complexity index is 764. The minimum Gasteiger partial charge on any atom is -0.340 e. The van der Waals surface area contributed by atoms with Gasteiger partial charge in [0.2, 0.25) is 5.91 Å². The van der Waals surface area contributed by atoms with Crippen LogP contribution in [0.1, 0.15) is 40.9 Å². The molecule has 0 aliphatic heterocycles. The van der Waals surface area contributed by atoms with Crippen molar-refractivity contribution in [1.29, 1.82) is 0 Å². The fourth-order valence-corrected chi connectivity index (χ4v) is 2.63. The predicted octanol–water partition coefficient (Wildman–Crippen LogP) is 4.00. The number of aryl methyl sites for hydroxylation is 3. The highest BCUT2D eigenvalue weighted by atomic mass is 16.2. The van der Waals surface area contributed by atoms with Crippen LogP contribution in [-0.2, 0) is 4.79 Å². The molecule has 2 aromatic carbocycles. The van der Waals surface area contributed by atoms with Crippen LogP contribution in [0.4, 0.5) is 5.69 Å². The Morgan fingerprint density at radius 1 is 0.880 bits per heavy atom. The summed E-state index contributed by atoms with van der Waals surface area (Å²) < 4.78 is 0. The summed E-state index contributed by atoms with van der Waals surface area (Å²) in [5.74, 6) is -0.475. The Hall–Kier alpha value is -2.62. The van der Waals surface area contributed by atoms with Crippen LogP contribution in [0.5, 0.6) is 0 Å². The molecule has 132 valence electrons. The number of carbonyl (C=O) groups excluding carboxylic acids is 2. The van der Waals surface area contributed by atoms with Gasteiger partial charge in [0, 0.05) is 11.3 Å². The number of benzene rings is 2. The molecule has 0 aromatic heterocycles. The second-order valence-corrected chi connectivity index (χ2v) is 6.87. The van der Waals surface area contributed by atoms with E-state index in [0.29, 0.717) is 5.56 Å². The van der Waals surface area contributed by atoms with Crippen molar-refractivity contribution in [3.63, 3.8) is 0 Å². The molecule has 2 aromatic rings. The Morgan fingerprint density at radius 2 is 1.48 bits per heavy atom. The van der Waals surface area contributed by atoms with E-state index < -0.39 is 6.04 Å². The number of nitrogens with one attached hydrogen (secondary N) is 2. The van der Waals surface area contributed by atoms with E-state index in [1.807, 2.05) is 65.0 Å². The van der Waals surface area contributed by atoms with Gasteiger partial charge in [0.1, 0.15) is 6.04 Å². The zero-order chi connectivity index (χ0) is 18.6. The highest BCUT2D eigenvalue weighted by Gasteiger charge is 2.25. The van der Waals surface area contributed by atoms with Gasteiger partial charge in [0.05, 0.1) is 0 Å². The normalized spacial score (nSPS) is 11.9. The first-order chi connectivity index (χ1) is 11.8. The standard InChI is InChI=1S/C21H26N2O2/c1-13(2)19(23-20(24)17-9-6-14(3)7-10-17)21(25)22-18-11-8-15(4)12-16(18)5/h6-13,19H,1-5H3,(H,22,25)(H,23,24). The maximum Gasteiger partial charge on any atom is 0.251 e. The Labute approximate surface area is 149 Å². The summed E-state index contributed by atoms with van der Waals surface area (Å²) >= 11 is 0. The Kier molecular flexibility index (Phi) is 5.97. The molecule has 0 heterocycles. The third-order valence-electron chi connectivity index (χ3n) is 4.19. The minimum absolute atomic E-state index is 0.0276. The molecule has 4 nitrogen and oxygen atoms in total. The molecule has 2 N–H and O–H groups in total. The molecule has 1 atom stereocenters. The molecule has 1 unspecified atom stereocenters. The molecule has 0 aliphatic carbocycles. The van der Waals surface area contributed by atoms with Gasteiger partial charge in [-0.15, -0.1) is 0 Å². The average molecular weight is 338 g/mol. The van der Waals surface area contributed by atoms with Crippen LogP contribution in [0.15, 0.2) is 42.5 Å². The van der Waals surface area contributed by atoms with Crippen molar-refractivity contribution in [2.75, 3.05) is 5.32 Å². The number of anilines is 1. The van der Waals surface area contributed by atoms with Crippen molar-refractivity contribution in [3.05, 3.63) is 64.7 Å². The first-order valence-electron chi connectivity index (χ1n) is 8.53. The summed E-state index contributed by atoms with van der Waals surface area (Å²) in [6.45, 7) is 9.77. The van der Waals surface area contributed by atoms with Gasteiger partial charge >= 0.3 is 0 Å². The van der Waals surface area contributed by atoms with Gasteiger partial charge in [-0.25, -0.2) is 0 Å². The van der Waals surface area contributed by atoms with Crippen LogP contribution < -0.4 is 10.6 Å². The zero-order valence-corrected chi connectivity index (χ0v) is 15.5. The second-order valence-electron chi connectivity index (χ2n) is 6.87. The summed E-state index contributed by atoms with van der Waals surface area (Å²) in [6, 6.07) is 12.6. The van der Waals surface area contributed by atoms with E-state index in [-0.39, 0.29) is 17.7 Å². The zero-order valence-electron chi connectivity index (χ0n) is 15.5. The predicted molar refractivity (Wildman–Crippen MR) is 102 cm³/mol. The van der Waals surface area contributed by atoms with E-state index in [9.17, 15) is 9.59 Å². The number of hydrogen-bond donors (Lipinski definition) is 2. The van der Waals surface area contributed by atoms with Crippen LogP contribution in [0.3, 0.4) is 0 Å². The van der Waals surface area contributed by atoms with Gasteiger partial charge in [0.15, 0.2) is 0 Å². The van der Waals surface area contributed by atoms with Crippen LogP contribution in [0, 0.1) is 26.7 Å². The summed E-state index contributed by atoms with van der Waals surface area (Å²) in [4.78, 5) is 25.1. The second kappa shape index (κ2) is 7.97. The molecule has 0 bridgehead atoms. The van der Waals surface area contributed by atoms with Gasteiger partial charge in [0.25, 0.3) is 5.91 Å². The monoisotopic (exact) mass is 338 g/mol. The molecule has 0 spiro atoms. The number of carbonyl (C=O) groups is 2. The van der Waals surface area contributed by atoms with Crippen molar-refractivity contribution < 1.29 is 9.59 Å². The Balaban J connectivity index is 2.12. The van der Waals surface area contributed by atoms with Gasteiger partial charge < -0.3 is 10.6 Å². The highest BCUT2D eigenvalue weighted by molar-refractivity contribution is 6.01.